The molecule has 0 saturated carbocycles. The zero-order chi connectivity index (χ0) is 20.5. The van der Waals surface area contributed by atoms with Gasteiger partial charge in [0.15, 0.2) is 0 Å². The van der Waals surface area contributed by atoms with Gasteiger partial charge in [-0.25, -0.2) is 4.39 Å². The summed E-state index contributed by atoms with van der Waals surface area (Å²) in [4.78, 5) is 27.0. The van der Waals surface area contributed by atoms with Crippen molar-refractivity contribution in [2.45, 2.75) is 39.3 Å². The van der Waals surface area contributed by atoms with Crippen LogP contribution in [0.5, 0.6) is 5.75 Å². The highest BCUT2D eigenvalue weighted by molar-refractivity contribution is 5.88. The molecule has 2 aromatic rings. The Hall–Kier alpha value is -2.89. The number of nitrogens with zero attached hydrogens (tertiary/aromatic N) is 1. The summed E-state index contributed by atoms with van der Waals surface area (Å²) in [6, 6.07) is 12.6. The Bertz CT molecular complexity index is 775. The topological polar surface area (TPSA) is 58.6 Å². The maximum absolute atomic E-state index is 13.1. The van der Waals surface area contributed by atoms with E-state index in [1.54, 1.807) is 31.1 Å². The predicted octanol–water partition coefficient (Wildman–Crippen LogP) is 3.32. The zero-order valence-corrected chi connectivity index (χ0v) is 16.6. The SMILES string of the molecule is CCCNC(=O)[C@@H](C)N(Cc1ccc(OC)cc1)C(=O)Cc1ccc(F)cc1. The number of hydrogen-bond acceptors (Lipinski definition) is 3. The minimum atomic E-state index is -0.624. The molecule has 150 valence electrons. The molecule has 5 nitrogen and oxygen atoms in total. The van der Waals surface area contributed by atoms with Gasteiger partial charge in [-0.15, -0.1) is 0 Å². The maximum Gasteiger partial charge on any atom is 0.242 e. The van der Waals surface area contributed by atoms with Crippen molar-refractivity contribution >= 4 is 11.8 Å². The number of methoxy groups -OCH3 is 1. The second-order valence-electron chi connectivity index (χ2n) is 6.64. The molecule has 0 radical (unpaired) electrons. The van der Waals surface area contributed by atoms with Crippen LogP contribution in [0.2, 0.25) is 0 Å². The minimum absolute atomic E-state index is 0.0990. The molecular weight excluding hydrogens is 359 g/mol. The summed E-state index contributed by atoms with van der Waals surface area (Å²) in [6.45, 7) is 4.55. The highest BCUT2D eigenvalue weighted by Gasteiger charge is 2.26. The second kappa shape index (κ2) is 10.4. The molecule has 2 aromatic carbocycles. The lowest BCUT2D eigenvalue weighted by Crippen LogP contribution is -2.48. The fourth-order valence-corrected chi connectivity index (χ4v) is 2.78. The van der Waals surface area contributed by atoms with Crippen LogP contribution in [0.3, 0.4) is 0 Å². The lowest BCUT2D eigenvalue weighted by atomic mass is 10.1. The van der Waals surface area contributed by atoms with E-state index in [2.05, 4.69) is 5.32 Å². The van der Waals surface area contributed by atoms with Gasteiger partial charge in [0, 0.05) is 13.1 Å². The van der Waals surface area contributed by atoms with E-state index in [1.807, 2.05) is 31.2 Å². The lowest BCUT2D eigenvalue weighted by molar-refractivity contribution is -0.140. The summed E-state index contributed by atoms with van der Waals surface area (Å²) < 4.78 is 18.3. The molecule has 0 aromatic heterocycles. The van der Waals surface area contributed by atoms with Gasteiger partial charge in [-0.05, 0) is 48.7 Å². The van der Waals surface area contributed by atoms with Crippen LogP contribution in [0.15, 0.2) is 48.5 Å². The first-order valence-corrected chi connectivity index (χ1v) is 9.39. The van der Waals surface area contributed by atoms with E-state index in [4.69, 9.17) is 4.74 Å². The molecule has 0 aliphatic rings. The van der Waals surface area contributed by atoms with Gasteiger partial charge in [-0.2, -0.15) is 0 Å². The molecule has 0 fully saturated rings. The Balaban J connectivity index is 2.18. The number of ether oxygens (including phenoxy) is 1. The monoisotopic (exact) mass is 386 g/mol. The quantitative estimate of drug-likeness (QED) is 0.719. The van der Waals surface area contributed by atoms with Gasteiger partial charge in [0.2, 0.25) is 11.8 Å². The average molecular weight is 386 g/mol. The zero-order valence-electron chi connectivity index (χ0n) is 16.6. The molecule has 0 spiro atoms. The maximum atomic E-state index is 13.1. The van der Waals surface area contributed by atoms with E-state index in [9.17, 15) is 14.0 Å². The van der Waals surface area contributed by atoms with Gasteiger partial charge < -0.3 is 15.0 Å². The number of benzene rings is 2. The summed E-state index contributed by atoms with van der Waals surface area (Å²) in [5.74, 6) is -0.00957. The summed E-state index contributed by atoms with van der Waals surface area (Å²) in [6.07, 6.45) is 0.919. The molecule has 0 heterocycles. The van der Waals surface area contributed by atoms with E-state index in [0.717, 1.165) is 17.7 Å². The number of carbonyl (C=O) groups excluding carboxylic acids is 2. The number of hydrogen-bond donors (Lipinski definition) is 1. The third-order valence-corrected chi connectivity index (χ3v) is 4.50. The van der Waals surface area contributed by atoms with Crippen LogP contribution in [0.25, 0.3) is 0 Å². The van der Waals surface area contributed by atoms with Crippen LogP contribution < -0.4 is 10.1 Å². The molecule has 2 rings (SSSR count). The molecular formula is C22H27FN2O3. The number of amides is 2. The summed E-state index contributed by atoms with van der Waals surface area (Å²) in [7, 11) is 1.59. The van der Waals surface area contributed by atoms with E-state index in [1.165, 1.54) is 12.1 Å². The Morgan fingerprint density at radius 2 is 1.68 bits per heavy atom. The van der Waals surface area contributed by atoms with Crippen LogP contribution in [0.4, 0.5) is 4.39 Å². The highest BCUT2D eigenvalue weighted by Crippen LogP contribution is 2.16. The normalized spacial score (nSPS) is 11.6. The first kappa shape index (κ1) is 21.4. The van der Waals surface area contributed by atoms with E-state index < -0.39 is 6.04 Å². The lowest BCUT2D eigenvalue weighted by Gasteiger charge is -2.29. The van der Waals surface area contributed by atoms with Crippen molar-refractivity contribution in [3.05, 3.63) is 65.5 Å². The number of rotatable bonds is 9. The molecule has 0 bridgehead atoms. The smallest absolute Gasteiger partial charge is 0.242 e. The fourth-order valence-electron chi connectivity index (χ4n) is 2.78. The van der Waals surface area contributed by atoms with Crippen LogP contribution >= 0.6 is 0 Å². The third-order valence-electron chi connectivity index (χ3n) is 4.50. The summed E-state index contributed by atoms with van der Waals surface area (Å²) in [5, 5.41) is 2.84. The van der Waals surface area contributed by atoms with Crippen molar-refractivity contribution in [3.8, 4) is 5.75 Å². The van der Waals surface area contributed by atoms with E-state index in [0.29, 0.717) is 18.7 Å². The molecule has 2 amide bonds. The highest BCUT2D eigenvalue weighted by atomic mass is 19.1. The van der Waals surface area contributed by atoms with Gasteiger partial charge in [0.05, 0.1) is 13.5 Å². The van der Waals surface area contributed by atoms with E-state index in [-0.39, 0.29) is 24.1 Å². The van der Waals surface area contributed by atoms with Gasteiger partial charge >= 0.3 is 0 Å². The molecule has 0 aliphatic heterocycles. The van der Waals surface area contributed by atoms with Crippen LogP contribution in [0.1, 0.15) is 31.4 Å². The van der Waals surface area contributed by atoms with Crippen LogP contribution in [-0.4, -0.2) is 36.4 Å². The van der Waals surface area contributed by atoms with Crippen molar-refractivity contribution in [2.75, 3.05) is 13.7 Å². The van der Waals surface area contributed by atoms with Crippen molar-refractivity contribution in [1.29, 1.82) is 0 Å². The second-order valence-corrected chi connectivity index (χ2v) is 6.64. The molecule has 28 heavy (non-hydrogen) atoms. The standard InChI is InChI=1S/C22H27FN2O3/c1-4-13-24-22(27)16(2)25(15-18-7-11-20(28-3)12-8-18)21(26)14-17-5-9-19(23)10-6-17/h5-12,16H,4,13-15H2,1-3H3,(H,24,27)/t16-/m1/s1. The van der Waals surface area contributed by atoms with Crippen molar-refractivity contribution in [3.63, 3.8) is 0 Å². The van der Waals surface area contributed by atoms with Crippen LogP contribution in [0, 0.1) is 5.82 Å². The third kappa shape index (κ3) is 6.08. The molecule has 1 atom stereocenters. The number of halogens is 1. The fraction of sp³-hybridized carbons (Fsp3) is 0.364. The van der Waals surface area contributed by atoms with Crippen molar-refractivity contribution < 1.29 is 18.7 Å². The molecule has 6 heteroatoms. The first-order valence-electron chi connectivity index (χ1n) is 9.39. The Labute approximate surface area is 165 Å². The van der Waals surface area contributed by atoms with Crippen LogP contribution in [-0.2, 0) is 22.6 Å². The Morgan fingerprint density at radius 1 is 1.07 bits per heavy atom. The van der Waals surface area contributed by atoms with Crippen molar-refractivity contribution in [1.82, 2.24) is 10.2 Å². The summed E-state index contributed by atoms with van der Waals surface area (Å²) >= 11 is 0. The van der Waals surface area contributed by atoms with Gasteiger partial charge in [0.25, 0.3) is 0 Å². The van der Waals surface area contributed by atoms with E-state index >= 15 is 0 Å². The van der Waals surface area contributed by atoms with Gasteiger partial charge in [-0.3, -0.25) is 9.59 Å². The largest absolute Gasteiger partial charge is 0.497 e. The average Bonchev–Trinajstić information content (AvgIpc) is 2.71. The molecule has 1 N–H and O–H groups in total. The molecule has 0 saturated heterocycles. The predicted molar refractivity (Wildman–Crippen MR) is 106 cm³/mol. The van der Waals surface area contributed by atoms with Gasteiger partial charge in [0.1, 0.15) is 17.6 Å². The van der Waals surface area contributed by atoms with Crippen molar-refractivity contribution in [2.24, 2.45) is 0 Å². The molecule has 0 aliphatic carbocycles. The number of carbonyl (C=O) groups is 2. The minimum Gasteiger partial charge on any atom is -0.497 e. The Kier molecular flexibility index (Phi) is 7.99. The molecule has 0 unspecified atom stereocenters. The summed E-state index contributed by atoms with van der Waals surface area (Å²) in [5.41, 5.74) is 1.59. The van der Waals surface area contributed by atoms with Gasteiger partial charge in [-0.1, -0.05) is 31.2 Å². The number of nitrogens with one attached hydrogen (secondary N) is 1. The Morgan fingerprint density at radius 3 is 2.25 bits per heavy atom. The first-order chi connectivity index (χ1) is 13.4.